The molecule has 4 aliphatic rings. The van der Waals surface area contributed by atoms with Gasteiger partial charge in [-0.15, -0.1) is 0 Å². The summed E-state index contributed by atoms with van der Waals surface area (Å²) in [6, 6.07) is -0.976. The van der Waals surface area contributed by atoms with Gasteiger partial charge in [-0.1, -0.05) is 40.0 Å². The van der Waals surface area contributed by atoms with E-state index in [2.05, 4.69) is 55.6 Å². The van der Waals surface area contributed by atoms with Gasteiger partial charge >= 0.3 is 7.12 Å². The third-order valence-corrected chi connectivity index (χ3v) is 9.06. The SMILES string of the molecule is CCCNC(=O)/C=C\C(=O)N[C@@H](CCCN=C(N)N[N+](=O)[O-])C(=O)N[C@@H](CC(C)C)B1O[C@@H]2C[C@@H]3C[C@@H](C3(C)C)[C@]2(C)O1. The highest BCUT2D eigenvalue weighted by Gasteiger charge is 2.68. The third-order valence-electron chi connectivity index (χ3n) is 9.06. The van der Waals surface area contributed by atoms with Gasteiger partial charge in [-0.2, -0.15) is 0 Å². The first-order chi connectivity index (χ1) is 20.2. The molecule has 6 atom stereocenters. The first-order valence-electron chi connectivity index (χ1n) is 15.3. The van der Waals surface area contributed by atoms with Crippen molar-refractivity contribution < 1.29 is 28.7 Å². The van der Waals surface area contributed by atoms with Crippen molar-refractivity contribution >= 4 is 30.8 Å². The molecule has 3 aliphatic carbocycles. The van der Waals surface area contributed by atoms with Gasteiger partial charge in [0.05, 0.1) is 17.6 Å². The predicted octanol–water partition coefficient (Wildman–Crippen LogP) is 1.23. The molecule has 43 heavy (non-hydrogen) atoms. The molecule has 1 aliphatic heterocycles. The number of hydrazine groups is 1. The summed E-state index contributed by atoms with van der Waals surface area (Å²) in [4.78, 5) is 52.7. The highest BCUT2D eigenvalue weighted by Crippen LogP contribution is 2.65. The van der Waals surface area contributed by atoms with Crippen LogP contribution in [-0.2, 0) is 23.7 Å². The number of carbonyl (C=O) groups excluding carboxylic acids is 3. The molecule has 0 aromatic heterocycles. The van der Waals surface area contributed by atoms with Gasteiger partial charge in [0.2, 0.25) is 17.7 Å². The number of nitro groups is 1. The number of carbonyl (C=O) groups is 3. The van der Waals surface area contributed by atoms with Crippen molar-refractivity contribution in [1.82, 2.24) is 21.4 Å². The largest absolute Gasteiger partial charge is 0.481 e. The Morgan fingerprint density at radius 3 is 2.49 bits per heavy atom. The molecular weight excluding hydrogens is 557 g/mol. The molecule has 240 valence electrons. The van der Waals surface area contributed by atoms with Crippen LogP contribution in [0.5, 0.6) is 0 Å². The van der Waals surface area contributed by atoms with E-state index in [1.807, 2.05) is 6.92 Å². The van der Waals surface area contributed by atoms with E-state index in [0.717, 1.165) is 31.4 Å². The Kier molecular flexibility index (Phi) is 11.6. The van der Waals surface area contributed by atoms with E-state index in [9.17, 15) is 24.5 Å². The Morgan fingerprint density at radius 1 is 1.16 bits per heavy atom. The van der Waals surface area contributed by atoms with Crippen LogP contribution >= 0.6 is 0 Å². The fourth-order valence-corrected chi connectivity index (χ4v) is 6.67. The molecule has 0 spiro atoms. The van der Waals surface area contributed by atoms with Gasteiger partial charge in [-0.3, -0.25) is 14.4 Å². The zero-order chi connectivity index (χ0) is 31.9. The second-order valence-electron chi connectivity index (χ2n) is 13.0. The number of nitrogens with one attached hydrogen (secondary N) is 4. The van der Waals surface area contributed by atoms with Crippen LogP contribution in [0.2, 0.25) is 0 Å². The number of hydrogen-bond donors (Lipinski definition) is 5. The van der Waals surface area contributed by atoms with Gasteiger partial charge in [-0.25, -0.2) is 15.1 Å². The summed E-state index contributed by atoms with van der Waals surface area (Å²) < 4.78 is 13.1. The van der Waals surface area contributed by atoms with Crippen molar-refractivity contribution in [2.75, 3.05) is 13.1 Å². The molecule has 6 N–H and O–H groups in total. The van der Waals surface area contributed by atoms with E-state index in [4.69, 9.17) is 15.0 Å². The smallest absolute Gasteiger partial charge is 0.404 e. The number of amides is 3. The Hall–Kier alpha value is -3.20. The lowest BCUT2D eigenvalue weighted by Gasteiger charge is -2.64. The zero-order valence-corrected chi connectivity index (χ0v) is 26.2. The molecule has 0 radical (unpaired) electrons. The molecule has 1 heterocycles. The van der Waals surface area contributed by atoms with Crippen LogP contribution in [0.25, 0.3) is 0 Å². The monoisotopic (exact) mass is 605 g/mol. The van der Waals surface area contributed by atoms with Crippen molar-refractivity contribution in [3.63, 3.8) is 0 Å². The molecule has 15 heteroatoms. The van der Waals surface area contributed by atoms with Gasteiger partial charge in [0, 0.05) is 25.2 Å². The Balaban J connectivity index is 1.70. The summed E-state index contributed by atoms with van der Waals surface area (Å²) in [7, 11) is -0.632. The number of nitrogens with two attached hydrogens (primary N) is 1. The second-order valence-corrected chi connectivity index (χ2v) is 13.0. The Bertz CT molecular complexity index is 1100. The van der Waals surface area contributed by atoms with Crippen molar-refractivity contribution in [2.45, 2.75) is 104 Å². The zero-order valence-electron chi connectivity index (χ0n) is 26.2. The van der Waals surface area contributed by atoms with E-state index in [-0.39, 0.29) is 36.4 Å². The normalized spacial score (nSPS) is 27.2. The summed E-state index contributed by atoms with van der Waals surface area (Å²) in [6.07, 6.45) is 6.00. The lowest BCUT2D eigenvalue weighted by molar-refractivity contribution is -0.525. The van der Waals surface area contributed by atoms with Crippen molar-refractivity contribution in [3.8, 4) is 0 Å². The maximum Gasteiger partial charge on any atom is 0.481 e. The molecular formula is C28H48BN7O7. The fourth-order valence-electron chi connectivity index (χ4n) is 6.67. The summed E-state index contributed by atoms with van der Waals surface area (Å²) in [6.45, 7) is 13.3. The minimum atomic E-state index is -0.976. The van der Waals surface area contributed by atoms with Crippen LogP contribution in [0.1, 0.15) is 80.1 Å². The summed E-state index contributed by atoms with van der Waals surface area (Å²) in [5, 5.41) is 18.1. The van der Waals surface area contributed by atoms with Gasteiger partial charge in [-0.05, 0) is 68.6 Å². The number of nitrogens with zero attached hydrogens (tertiary/aromatic N) is 2. The van der Waals surface area contributed by atoms with Crippen LogP contribution in [0.15, 0.2) is 17.1 Å². The summed E-state index contributed by atoms with van der Waals surface area (Å²) in [5.74, 6) is -1.09. The van der Waals surface area contributed by atoms with E-state index < -0.39 is 47.5 Å². The predicted molar refractivity (Wildman–Crippen MR) is 162 cm³/mol. The van der Waals surface area contributed by atoms with E-state index in [0.29, 0.717) is 31.2 Å². The lowest BCUT2D eigenvalue weighted by Crippen LogP contribution is -2.65. The molecule has 1 saturated heterocycles. The van der Waals surface area contributed by atoms with Crippen LogP contribution in [0.3, 0.4) is 0 Å². The quantitative estimate of drug-likeness (QED) is 0.0346. The summed E-state index contributed by atoms with van der Waals surface area (Å²) >= 11 is 0. The second kappa shape index (κ2) is 14.5. The molecule has 3 saturated carbocycles. The van der Waals surface area contributed by atoms with Crippen LogP contribution in [0.4, 0.5) is 0 Å². The number of guanidine groups is 1. The van der Waals surface area contributed by atoms with E-state index in [1.54, 1.807) is 5.43 Å². The van der Waals surface area contributed by atoms with Crippen molar-refractivity contribution in [1.29, 1.82) is 0 Å². The fraction of sp³-hybridized carbons (Fsp3) is 0.786. The molecule has 4 fully saturated rings. The van der Waals surface area contributed by atoms with Crippen LogP contribution in [-0.4, -0.2) is 72.6 Å². The lowest BCUT2D eigenvalue weighted by atomic mass is 9.43. The van der Waals surface area contributed by atoms with Gasteiger partial charge < -0.3 is 31.0 Å². The van der Waals surface area contributed by atoms with Crippen LogP contribution < -0.4 is 27.1 Å². The molecule has 4 rings (SSSR count). The number of hydrogen-bond acceptors (Lipinski definition) is 8. The average Bonchev–Trinajstić information content (AvgIpc) is 3.28. The van der Waals surface area contributed by atoms with Crippen LogP contribution in [0, 0.1) is 33.3 Å². The van der Waals surface area contributed by atoms with Crippen molar-refractivity contribution in [2.24, 2.45) is 33.9 Å². The standard InChI is InChI=1S/C28H48BN7O7/c1-7-12-31-23(37)10-11-24(38)33-19(9-8-13-32-26(30)35-36(40)41)25(39)34-22(14-17(2)3)29-42-21-16-18-15-20(27(18,4)5)28(21,6)43-29/h10-11,17-22H,7-9,12-16H2,1-6H3,(H,31,37)(H,33,38)(H,34,39)(H3,30,32,35)/b11-10-/t18-,19-,20-,21+,22-,28-/m0/s1. The molecule has 3 amide bonds. The molecule has 14 nitrogen and oxygen atoms in total. The Morgan fingerprint density at radius 2 is 1.86 bits per heavy atom. The molecule has 0 aromatic carbocycles. The number of rotatable bonds is 15. The minimum absolute atomic E-state index is 0.0450. The Labute approximate surface area is 254 Å². The molecule has 0 aromatic rings. The van der Waals surface area contributed by atoms with E-state index >= 15 is 0 Å². The molecule has 2 bridgehead atoms. The minimum Gasteiger partial charge on any atom is -0.404 e. The van der Waals surface area contributed by atoms with E-state index in [1.165, 1.54) is 0 Å². The maximum atomic E-state index is 13.6. The van der Waals surface area contributed by atoms with Crippen molar-refractivity contribution in [3.05, 3.63) is 22.3 Å². The highest BCUT2D eigenvalue weighted by molar-refractivity contribution is 6.48. The average molecular weight is 606 g/mol. The number of aliphatic imine (C=N–C) groups is 1. The topological polar surface area (TPSA) is 199 Å². The summed E-state index contributed by atoms with van der Waals surface area (Å²) in [5.41, 5.74) is 6.99. The van der Waals surface area contributed by atoms with Gasteiger partial charge in [0.1, 0.15) is 6.04 Å². The third kappa shape index (κ3) is 8.68. The first-order valence-corrected chi connectivity index (χ1v) is 15.3. The highest BCUT2D eigenvalue weighted by atomic mass is 16.7. The van der Waals surface area contributed by atoms with Gasteiger partial charge in [0.25, 0.3) is 5.96 Å². The van der Waals surface area contributed by atoms with Gasteiger partial charge in [0.15, 0.2) is 5.03 Å². The molecule has 0 unspecified atom stereocenters. The first kappa shape index (κ1) is 34.3. The maximum absolute atomic E-state index is 13.6.